The van der Waals surface area contributed by atoms with Crippen molar-refractivity contribution in [1.29, 1.82) is 0 Å². The normalized spacial score (nSPS) is 12.7. The van der Waals surface area contributed by atoms with Gasteiger partial charge < -0.3 is 5.32 Å². The molecule has 0 fully saturated rings. The maximum Gasteiger partial charge on any atom is 0.0679 e. The van der Waals surface area contributed by atoms with Crippen LogP contribution in [0.3, 0.4) is 0 Å². The molecular weight excluding hydrogens is 421 g/mol. The van der Waals surface area contributed by atoms with Gasteiger partial charge in [-0.25, -0.2) is 0 Å². The fourth-order valence-corrected chi connectivity index (χ4v) is 4.03. The Kier molecular flexibility index (Phi) is 5.24. The van der Waals surface area contributed by atoms with Gasteiger partial charge in [0, 0.05) is 17.8 Å². The molecule has 1 aromatic carbocycles. The van der Waals surface area contributed by atoms with Crippen molar-refractivity contribution in [1.82, 2.24) is 5.32 Å². The lowest BCUT2D eigenvalue weighted by molar-refractivity contribution is 0.700. The summed E-state index contributed by atoms with van der Waals surface area (Å²) in [5.41, 5.74) is 1.33. The summed E-state index contributed by atoms with van der Waals surface area (Å²) in [5, 5.41) is 3.42. The van der Waals surface area contributed by atoms with Crippen molar-refractivity contribution in [2.75, 3.05) is 7.05 Å². The Morgan fingerprint density at radius 3 is 2.72 bits per heavy atom. The summed E-state index contributed by atoms with van der Waals surface area (Å²) in [6, 6.07) is 11.2. The van der Waals surface area contributed by atoms with Gasteiger partial charge in [0.2, 0.25) is 0 Å². The molecule has 2 aromatic rings. The molecule has 4 heteroatoms. The average Bonchev–Trinajstić information content (AvgIpc) is 2.83. The molecule has 0 aliphatic rings. The first kappa shape index (κ1) is 14.5. The van der Waals surface area contributed by atoms with E-state index in [1.165, 1.54) is 18.9 Å². The van der Waals surface area contributed by atoms with Gasteiger partial charge in [0.05, 0.1) is 6.04 Å². The molecule has 0 aliphatic heterocycles. The van der Waals surface area contributed by atoms with Crippen LogP contribution in [0.2, 0.25) is 0 Å². The van der Waals surface area contributed by atoms with Crippen LogP contribution >= 0.6 is 49.9 Å². The minimum atomic E-state index is 0.277. The first-order valence-electron chi connectivity index (χ1n) is 5.86. The zero-order valence-electron chi connectivity index (χ0n) is 10.3. The van der Waals surface area contributed by atoms with Crippen molar-refractivity contribution in [2.45, 2.75) is 19.4 Å². The van der Waals surface area contributed by atoms with Crippen LogP contribution in [0.1, 0.15) is 28.3 Å². The molecule has 0 aliphatic carbocycles. The largest absolute Gasteiger partial charge is 0.309 e. The van der Waals surface area contributed by atoms with Crippen LogP contribution in [0, 0.1) is 3.57 Å². The molecular formula is C14H15BrINS. The van der Waals surface area contributed by atoms with Gasteiger partial charge in [0.15, 0.2) is 0 Å². The van der Waals surface area contributed by atoms with E-state index in [4.69, 9.17) is 0 Å². The van der Waals surface area contributed by atoms with Crippen molar-refractivity contribution in [2.24, 2.45) is 0 Å². The highest BCUT2D eigenvalue weighted by Crippen LogP contribution is 2.32. The van der Waals surface area contributed by atoms with Gasteiger partial charge in [0.1, 0.15) is 0 Å². The molecule has 1 heterocycles. The highest BCUT2D eigenvalue weighted by Gasteiger charge is 2.17. The third kappa shape index (κ3) is 3.15. The number of halogens is 2. The van der Waals surface area contributed by atoms with Gasteiger partial charge in [-0.1, -0.05) is 22.9 Å². The molecule has 1 unspecified atom stereocenters. The first-order valence-corrected chi connectivity index (χ1v) is 8.55. The third-order valence-corrected chi connectivity index (χ3v) is 5.64. The molecule has 96 valence electrons. The van der Waals surface area contributed by atoms with E-state index in [0.29, 0.717) is 0 Å². The number of aryl methyl sites for hydroxylation is 1. The zero-order chi connectivity index (χ0) is 13.1. The van der Waals surface area contributed by atoms with E-state index in [2.05, 4.69) is 81.1 Å². The van der Waals surface area contributed by atoms with Crippen LogP contribution in [-0.2, 0) is 6.42 Å². The second-order valence-corrected chi connectivity index (χ2v) is 7.32. The van der Waals surface area contributed by atoms with Gasteiger partial charge >= 0.3 is 0 Å². The Morgan fingerprint density at radius 2 is 2.11 bits per heavy atom. The van der Waals surface area contributed by atoms with Crippen molar-refractivity contribution in [3.8, 4) is 0 Å². The maximum atomic E-state index is 3.56. The van der Waals surface area contributed by atoms with Crippen molar-refractivity contribution in [3.63, 3.8) is 0 Å². The number of hydrogen-bond acceptors (Lipinski definition) is 2. The number of benzene rings is 1. The van der Waals surface area contributed by atoms with E-state index in [9.17, 15) is 0 Å². The Balaban J connectivity index is 2.41. The van der Waals surface area contributed by atoms with Crippen LogP contribution in [0.5, 0.6) is 0 Å². The fourth-order valence-electron chi connectivity index (χ4n) is 1.93. The quantitative estimate of drug-likeness (QED) is 0.667. The number of thiophene rings is 1. The van der Waals surface area contributed by atoms with Crippen LogP contribution < -0.4 is 5.32 Å². The molecule has 1 nitrogen and oxygen atoms in total. The van der Waals surface area contributed by atoms with Crippen molar-refractivity contribution >= 4 is 49.9 Å². The lowest BCUT2D eigenvalue weighted by atomic mass is 10.1. The van der Waals surface area contributed by atoms with Crippen LogP contribution in [0.4, 0.5) is 0 Å². The predicted octanol–water partition coefficient (Wildman–Crippen LogP) is 4.99. The van der Waals surface area contributed by atoms with E-state index < -0.39 is 0 Å². The lowest BCUT2D eigenvalue weighted by Gasteiger charge is -2.17. The number of nitrogens with one attached hydrogen (secondary N) is 1. The molecule has 0 spiro atoms. The minimum absolute atomic E-state index is 0.277. The standard InChI is InChI=1S/C14H15BrINS/c1-3-10-5-7-13(18-10)14(17-2)11-8-9(15)4-6-12(11)16/h4-8,14,17H,3H2,1-2H3. The van der Waals surface area contributed by atoms with E-state index in [1.807, 2.05) is 18.4 Å². The summed E-state index contributed by atoms with van der Waals surface area (Å²) < 4.78 is 2.42. The summed E-state index contributed by atoms with van der Waals surface area (Å²) in [7, 11) is 2.02. The average molecular weight is 436 g/mol. The summed E-state index contributed by atoms with van der Waals surface area (Å²) in [5.74, 6) is 0. The van der Waals surface area contributed by atoms with Gasteiger partial charge in [-0.2, -0.15) is 0 Å². The summed E-state index contributed by atoms with van der Waals surface area (Å²) >= 11 is 7.85. The second kappa shape index (κ2) is 6.50. The zero-order valence-corrected chi connectivity index (χ0v) is 14.9. The van der Waals surface area contributed by atoms with Crippen LogP contribution in [0.25, 0.3) is 0 Å². The second-order valence-electron chi connectivity index (χ2n) is 4.05. The minimum Gasteiger partial charge on any atom is -0.309 e. The molecule has 0 saturated carbocycles. The molecule has 1 atom stereocenters. The molecule has 0 amide bonds. The Bertz CT molecular complexity index is 538. The van der Waals surface area contributed by atoms with E-state index >= 15 is 0 Å². The SMILES string of the molecule is CCc1ccc(C(NC)c2cc(Br)ccc2I)s1. The fraction of sp³-hybridized carbons (Fsp3) is 0.286. The topological polar surface area (TPSA) is 12.0 Å². The Morgan fingerprint density at radius 1 is 1.33 bits per heavy atom. The van der Waals surface area contributed by atoms with Crippen LogP contribution in [-0.4, -0.2) is 7.05 Å². The third-order valence-electron chi connectivity index (χ3n) is 2.87. The molecule has 0 bridgehead atoms. The van der Waals surface area contributed by atoms with Crippen LogP contribution in [0.15, 0.2) is 34.8 Å². The summed E-state index contributed by atoms with van der Waals surface area (Å²) in [6.45, 7) is 2.20. The molecule has 1 N–H and O–H groups in total. The van der Waals surface area contributed by atoms with Gasteiger partial charge in [-0.05, 0) is 72.0 Å². The monoisotopic (exact) mass is 435 g/mol. The molecule has 1 aromatic heterocycles. The van der Waals surface area contributed by atoms with E-state index in [-0.39, 0.29) is 6.04 Å². The number of hydrogen-bond donors (Lipinski definition) is 1. The molecule has 0 radical (unpaired) electrons. The van der Waals surface area contributed by atoms with E-state index in [0.717, 1.165) is 10.9 Å². The number of rotatable bonds is 4. The predicted molar refractivity (Wildman–Crippen MR) is 91.5 cm³/mol. The van der Waals surface area contributed by atoms with E-state index in [1.54, 1.807) is 0 Å². The lowest BCUT2D eigenvalue weighted by Crippen LogP contribution is -2.17. The van der Waals surface area contributed by atoms with Gasteiger partial charge in [-0.15, -0.1) is 11.3 Å². The van der Waals surface area contributed by atoms with Crippen molar-refractivity contribution < 1.29 is 0 Å². The Hall–Kier alpha value is 0.0900. The smallest absolute Gasteiger partial charge is 0.0679 e. The Labute approximate surface area is 134 Å². The summed E-state index contributed by atoms with van der Waals surface area (Å²) in [6.07, 6.45) is 1.11. The summed E-state index contributed by atoms with van der Waals surface area (Å²) in [4.78, 5) is 2.82. The maximum absolute atomic E-state index is 3.56. The highest BCUT2D eigenvalue weighted by molar-refractivity contribution is 14.1. The first-order chi connectivity index (χ1) is 8.65. The van der Waals surface area contributed by atoms with Gasteiger partial charge in [0.25, 0.3) is 0 Å². The highest BCUT2D eigenvalue weighted by atomic mass is 127. The molecule has 0 saturated heterocycles. The van der Waals surface area contributed by atoms with Crippen molar-refractivity contribution in [3.05, 3.63) is 53.7 Å². The van der Waals surface area contributed by atoms with Gasteiger partial charge in [-0.3, -0.25) is 0 Å². The molecule has 18 heavy (non-hydrogen) atoms. The molecule has 2 rings (SSSR count).